The summed E-state index contributed by atoms with van der Waals surface area (Å²) in [6, 6.07) is 7.06. The topological polar surface area (TPSA) is 21.3 Å². The lowest BCUT2D eigenvalue weighted by Gasteiger charge is -2.14. The second-order valence-corrected chi connectivity index (χ2v) is 5.74. The fourth-order valence-electron chi connectivity index (χ4n) is 3.10. The molecule has 1 aromatic rings. The molecule has 2 heteroatoms. The molecule has 1 aliphatic rings. The number of rotatable bonds is 9. The summed E-state index contributed by atoms with van der Waals surface area (Å²) in [5.74, 6) is 1.12. The minimum absolute atomic E-state index is 0.531. The Labute approximate surface area is 123 Å². The quantitative estimate of drug-likeness (QED) is 0.663. The van der Waals surface area contributed by atoms with E-state index in [2.05, 4.69) is 37.4 Å². The summed E-state index contributed by atoms with van der Waals surface area (Å²) in [6.07, 6.45) is 8.83. The molecule has 20 heavy (non-hydrogen) atoms. The highest BCUT2D eigenvalue weighted by atomic mass is 16.5. The Morgan fingerprint density at radius 1 is 1.15 bits per heavy atom. The van der Waals surface area contributed by atoms with Crippen LogP contribution in [0, 0.1) is 0 Å². The molecule has 1 atom stereocenters. The van der Waals surface area contributed by atoms with Gasteiger partial charge in [-0.15, -0.1) is 0 Å². The highest BCUT2D eigenvalue weighted by Crippen LogP contribution is 2.36. The monoisotopic (exact) mass is 275 g/mol. The molecule has 1 unspecified atom stereocenters. The third-order valence-electron chi connectivity index (χ3n) is 4.18. The molecule has 0 aliphatic heterocycles. The predicted molar refractivity (Wildman–Crippen MR) is 85.4 cm³/mol. The van der Waals surface area contributed by atoms with Crippen molar-refractivity contribution in [3.8, 4) is 5.75 Å². The van der Waals surface area contributed by atoms with E-state index >= 15 is 0 Å². The van der Waals surface area contributed by atoms with Crippen molar-refractivity contribution in [1.29, 1.82) is 0 Å². The van der Waals surface area contributed by atoms with E-state index in [4.69, 9.17) is 4.74 Å². The maximum atomic E-state index is 6.03. The minimum atomic E-state index is 0.531. The fourth-order valence-corrected chi connectivity index (χ4v) is 3.10. The smallest absolute Gasteiger partial charge is 0.122 e. The average molecular weight is 275 g/mol. The summed E-state index contributed by atoms with van der Waals surface area (Å²) in [5.41, 5.74) is 2.89. The first kappa shape index (κ1) is 15.4. The molecule has 2 nitrogen and oxygen atoms in total. The molecule has 0 saturated carbocycles. The Bertz CT molecular complexity index is 402. The van der Waals surface area contributed by atoms with E-state index in [1.807, 2.05) is 0 Å². The SMILES string of the molecule is CCCCCCCOc1cccc2c1CCC2NCC. The van der Waals surface area contributed by atoms with Crippen molar-refractivity contribution in [1.82, 2.24) is 5.32 Å². The second-order valence-electron chi connectivity index (χ2n) is 5.74. The van der Waals surface area contributed by atoms with Gasteiger partial charge in [0.1, 0.15) is 5.75 Å². The largest absolute Gasteiger partial charge is 0.493 e. The third kappa shape index (κ3) is 3.99. The minimum Gasteiger partial charge on any atom is -0.493 e. The van der Waals surface area contributed by atoms with E-state index in [9.17, 15) is 0 Å². The first-order chi connectivity index (χ1) is 9.86. The van der Waals surface area contributed by atoms with Gasteiger partial charge in [0, 0.05) is 6.04 Å². The molecule has 2 rings (SSSR count). The van der Waals surface area contributed by atoms with Gasteiger partial charge in [-0.2, -0.15) is 0 Å². The summed E-state index contributed by atoms with van der Waals surface area (Å²) in [4.78, 5) is 0. The van der Waals surface area contributed by atoms with E-state index < -0.39 is 0 Å². The van der Waals surface area contributed by atoms with Crippen molar-refractivity contribution in [2.75, 3.05) is 13.2 Å². The molecule has 0 spiro atoms. The summed E-state index contributed by atoms with van der Waals surface area (Å²) < 4.78 is 6.03. The van der Waals surface area contributed by atoms with Gasteiger partial charge in [-0.25, -0.2) is 0 Å². The molecule has 0 heterocycles. The van der Waals surface area contributed by atoms with Crippen LogP contribution in [0.3, 0.4) is 0 Å². The summed E-state index contributed by atoms with van der Waals surface area (Å²) >= 11 is 0. The summed E-state index contributed by atoms with van der Waals surface area (Å²) in [7, 11) is 0. The molecular weight excluding hydrogens is 246 g/mol. The second kappa shape index (κ2) is 8.31. The standard InChI is InChI=1S/C18H29NO/c1-3-5-6-7-8-14-20-18-11-9-10-15-16(18)12-13-17(15)19-4-2/h9-11,17,19H,3-8,12-14H2,1-2H3. The highest BCUT2D eigenvalue weighted by Gasteiger charge is 2.24. The molecule has 1 aliphatic carbocycles. The fraction of sp³-hybridized carbons (Fsp3) is 0.667. The van der Waals surface area contributed by atoms with E-state index in [-0.39, 0.29) is 0 Å². The van der Waals surface area contributed by atoms with Crippen molar-refractivity contribution < 1.29 is 4.74 Å². The first-order valence-electron chi connectivity index (χ1n) is 8.34. The summed E-state index contributed by atoms with van der Waals surface area (Å²) in [6.45, 7) is 6.33. The molecule has 0 amide bonds. The van der Waals surface area contributed by atoms with E-state index in [0.29, 0.717) is 6.04 Å². The number of hydrogen-bond donors (Lipinski definition) is 1. The highest BCUT2D eigenvalue weighted by molar-refractivity contribution is 5.45. The van der Waals surface area contributed by atoms with Crippen LogP contribution in [-0.4, -0.2) is 13.2 Å². The summed E-state index contributed by atoms with van der Waals surface area (Å²) in [5, 5.41) is 3.56. The lowest BCUT2D eigenvalue weighted by Crippen LogP contribution is -2.18. The van der Waals surface area contributed by atoms with Crippen LogP contribution < -0.4 is 10.1 Å². The van der Waals surface area contributed by atoms with Crippen molar-refractivity contribution in [3.63, 3.8) is 0 Å². The maximum absolute atomic E-state index is 6.03. The Kier molecular flexibility index (Phi) is 6.38. The van der Waals surface area contributed by atoms with Gasteiger partial charge in [-0.05, 0) is 43.0 Å². The molecule has 1 aromatic carbocycles. The van der Waals surface area contributed by atoms with Gasteiger partial charge in [0.25, 0.3) is 0 Å². The van der Waals surface area contributed by atoms with E-state index in [1.165, 1.54) is 49.7 Å². The average Bonchev–Trinajstić information content (AvgIpc) is 2.87. The molecule has 0 fully saturated rings. The number of nitrogens with one attached hydrogen (secondary N) is 1. The van der Waals surface area contributed by atoms with Gasteiger partial charge in [0.2, 0.25) is 0 Å². The molecule has 0 bridgehead atoms. The van der Waals surface area contributed by atoms with Crippen LogP contribution in [0.4, 0.5) is 0 Å². The number of benzene rings is 1. The van der Waals surface area contributed by atoms with Crippen molar-refractivity contribution >= 4 is 0 Å². The van der Waals surface area contributed by atoms with Crippen LogP contribution in [0.1, 0.15) is 69.5 Å². The lowest BCUT2D eigenvalue weighted by atomic mass is 10.1. The number of unbranched alkanes of at least 4 members (excludes halogenated alkanes) is 4. The van der Waals surface area contributed by atoms with Gasteiger partial charge >= 0.3 is 0 Å². The third-order valence-corrected chi connectivity index (χ3v) is 4.18. The van der Waals surface area contributed by atoms with Crippen molar-refractivity contribution in [2.45, 2.75) is 64.8 Å². The van der Waals surface area contributed by atoms with Crippen LogP contribution in [0.2, 0.25) is 0 Å². The Morgan fingerprint density at radius 2 is 2.00 bits per heavy atom. The van der Waals surface area contributed by atoms with Crippen LogP contribution in [0.5, 0.6) is 5.75 Å². The van der Waals surface area contributed by atoms with Crippen LogP contribution in [0.25, 0.3) is 0 Å². The molecule has 1 N–H and O–H groups in total. The van der Waals surface area contributed by atoms with E-state index in [1.54, 1.807) is 0 Å². The zero-order chi connectivity index (χ0) is 14.2. The molecule has 0 saturated heterocycles. The van der Waals surface area contributed by atoms with Crippen LogP contribution in [0.15, 0.2) is 18.2 Å². The Morgan fingerprint density at radius 3 is 2.80 bits per heavy atom. The normalized spacial score (nSPS) is 17.2. The number of hydrogen-bond acceptors (Lipinski definition) is 2. The molecule has 112 valence electrons. The maximum Gasteiger partial charge on any atom is 0.122 e. The van der Waals surface area contributed by atoms with Crippen LogP contribution in [-0.2, 0) is 6.42 Å². The van der Waals surface area contributed by atoms with Crippen LogP contribution >= 0.6 is 0 Å². The van der Waals surface area contributed by atoms with Crippen molar-refractivity contribution in [3.05, 3.63) is 29.3 Å². The lowest BCUT2D eigenvalue weighted by molar-refractivity contribution is 0.302. The first-order valence-corrected chi connectivity index (χ1v) is 8.34. The van der Waals surface area contributed by atoms with Gasteiger partial charge in [0.15, 0.2) is 0 Å². The van der Waals surface area contributed by atoms with Crippen molar-refractivity contribution in [2.24, 2.45) is 0 Å². The Balaban J connectivity index is 1.84. The van der Waals surface area contributed by atoms with Gasteiger partial charge in [-0.1, -0.05) is 51.7 Å². The predicted octanol–water partition coefficient (Wildman–Crippen LogP) is 4.63. The molecular formula is C18H29NO. The molecule has 0 radical (unpaired) electrons. The zero-order valence-electron chi connectivity index (χ0n) is 13.1. The van der Waals surface area contributed by atoms with Gasteiger partial charge in [0.05, 0.1) is 6.61 Å². The Hall–Kier alpha value is -1.02. The number of fused-ring (bicyclic) bond motifs is 1. The van der Waals surface area contributed by atoms with E-state index in [0.717, 1.165) is 25.3 Å². The van der Waals surface area contributed by atoms with Gasteiger partial charge in [-0.3, -0.25) is 0 Å². The zero-order valence-corrected chi connectivity index (χ0v) is 13.1. The number of ether oxygens (including phenoxy) is 1. The molecule has 0 aromatic heterocycles. The van der Waals surface area contributed by atoms with Gasteiger partial charge < -0.3 is 10.1 Å².